The number of fused-ring (bicyclic) bond motifs is 1. The maximum absolute atomic E-state index is 15.8. The highest BCUT2D eigenvalue weighted by molar-refractivity contribution is 7.36. The lowest BCUT2D eigenvalue weighted by molar-refractivity contribution is -0.201. The number of imidazole rings is 1. The van der Waals surface area contributed by atoms with E-state index in [1.165, 1.54) is 13.3 Å². The number of esters is 1. The molecule has 13 nitrogen and oxygen atoms in total. The van der Waals surface area contributed by atoms with Crippen molar-refractivity contribution in [3.63, 3.8) is 0 Å². The van der Waals surface area contributed by atoms with Crippen molar-refractivity contribution in [1.82, 2.24) is 24.6 Å². The Hall–Kier alpha value is -2.45. The van der Waals surface area contributed by atoms with Gasteiger partial charge in [0, 0.05) is 13.1 Å². The van der Waals surface area contributed by atoms with Gasteiger partial charge in [0.2, 0.25) is 5.95 Å². The molecule has 16 heteroatoms. The van der Waals surface area contributed by atoms with Crippen LogP contribution in [0.3, 0.4) is 0 Å². The van der Waals surface area contributed by atoms with Crippen LogP contribution in [0.5, 0.6) is 0 Å². The van der Waals surface area contributed by atoms with E-state index in [0.717, 1.165) is 37.4 Å². The van der Waals surface area contributed by atoms with Gasteiger partial charge in [-0.15, -0.1) is 0 Å². The normalized spacial score (nSPS) is 29.8. The van der Waals surface area contributed by atoms with Crippen molar-refractivity contribution in [3.05, 3.63) is 6.33 Å². The summed E-state index contributed by atoms with van der Waals surface area (Å²) in [4.78, 5) is 26.6. The highest BCUT2D eigenvalue weighted by Crippen LogP contribution is 2.49. The van der Waals surface area contributed by atoms with Crippen molar-refractivity contribution in [1.29, 1.82) is 0 Å². The Bertz CT molecular complexity index is 1180. The molecule has 0 aromatic carbocycles. The molecular formula is C21H32F2N7O6P. The third kappa shape index (κ3) is 5.41. The standard InChI is InChI=1S/C21H32F2N7O6P/c1-11(2)35-16(31)12(3)28-37(33)34-9-21(23)17(32)20(4,22)18(36-21)30-10-25-13-14(29-7-5-6-8-29)26-19(24)27-15(13)30/h10-12,17-18,32,37H,5-9H2,1-4H3,(H,28,33)(H2,24,26,27)/t12-,17-,18+,20+,21+/m0/s1. The number of carbonyl (C=O) groups excluding carboxylic acids is 1. The summed E-state index contributed by atoms with van der Waals surface area (Å²) in [6, 6.07) is -1.01. The Balaban J connectivity index is 1.52. The maximum atomic E-state index is 15.8. The lowest BCUT2D eigenvalue weighted by Crippen LogP contribution is -2.46. The van der Waals surface area contributed by atoms with Crippen LogP contribution in [0.2, 0.25) is 0 Å². The number of nitrogens with two attached hydrogens (primary N) is 1. The molecule has 1 unspecified atom stereocenters. The second kappa shape index (κ2) is 10.4. The van der Waals surface area contributed by atoms with Gasteiger partial charge in [-0.2, -0.15) is 9.97 Å². The van der Waals surface area contributed by atoms with Crippen molar-refractivity contribution in [2.75, 3.05) is 30.3 Å². The number of alkyl halides is 2. The van der Waals surface area contributed by atoms with Crippen molar-refractivity contribution in [3.8, 4) is 0 Å². The van der Waals surface area contributed by atoms with Gasteiger partial charge < -0.3 is 29.7 Å². The van der Waals surface area contributed by atoms with E-state index in [9.17, 15) is 14.5 Å². The topological polar surface area (TPSA) is 167 Å². The molecule has 2 aromatic rings. The van der Waals surface area contributed by atoms with Crippen LogP contribution in [0, 0.1) is 0 Å². The van der Waals surface area contributed by atoms with Crippen LogP contribution in [0.15, 0.2) is 6.33 Å². The van der Waals surface area contributed by atoms with Crippen LogP contribution in [-0.4, -0.2) is 80.1 Å². The molecular weight excluding hydrogens is 515 g/mol. The molecule has 37 heavy (non-hydrogen) atoms. The van der Waals surface area contributed by atoms with Crippen molar-refractivity contribution in [2.45, 2.75) is 76.5 Å². The molecule has 0 amide bonds. The van der Waals surface area contributed by atoms with Gasteiger partial charge >= 0.3 is 5.97 Å². The summed E-state index contributed by atoms with van der Waals surface area (Å²) in [6.07, 6.45) is -1.28. The molecule has 2 saturated heterocycles. The molecule has 0 radical (unpaired) electrons. The molecule has 2 aliphatic rings. The fourth-order valence-corrected chi connectivity index (χ4v) is 5.26. The number of nitrogens with one attached hydrogen (secondary N) is 1. The zero-order chi connectivity index (χ0) is 27.1. The Labute approximate surface area is 212 Å². The van der Waals surface area contributed by atoms with E-state index in [1.54, 1.807) is 13.8 Å². The highest BCUT2D eigenvalue weighted by Gasteiger charge is 2.65. The fraction of sp³-hybridized carbons (Fsp3) is 0.714. The number of halogens is 2. The maximum Gasteiger partial charge on any atom is 0.323 e. The van der Waals surface area contributed by atoms with Crippen LogP contribution in [0.1, 0.15) is 46.8 Å². The van der Waals surface area contributed by atoms with Gasteiger partial charge in [-0.25, -0.2) is 18.9 Å². The van der Waals surface area contributed by atoms with Crippen molar-refractivity contribution in [2.24, 2.45) is 0 Å². The Morgan fingerprint density at radius 3 is 2.68 bits per heavy atom. The minimum absolute atomic E-state index is 0.0834. The number of anilines is 2. The average molecular weight is 548 g/mol. The van der Waals surface area contributed by atoms with Gasteiger partial charge in [0.15, 0.2) is 35.0 Å². The molecule has 0 saturated carbocycles. The van der Waals surface area contributed by atoms with E-state index in [1.807, 2.05) is 4.90 Å². The number of hydrogen-bond acceptors (Lipinski definition) is 11. The first-order chi connectivity index (χ1) is 17.3. The minimum Gasteiger partial charge on any atom is -0.462 e. The molecule has 0 spiro atoms. The molecule has 6 atom stereocenters. The number of aliphatic hydroxyl groups is 1. The average Bonchev–Trinajstić information content (AvgIpc) is 3.53. The van der Waals surface area contributed by atoms with Gasteiger partial charge in [0.25, 0.3) is 14.0 Å². The van der Waals surface area contributed by atoms with E-state index in [4.69, 9.17) is 19.7 Å². The minimum atomic E-state index is -3.19. The summed E-state index contributed by atoms with van der Waals surface area (Å²) < 4.78 is 60.2. The lowest BCUT2D eigenvalue weighted by Gasteiger charge is -2.25. The summed E-state index contributed by atoms with van der Waals surface area (Å²) in [5, 5.41) is 12.9. The molecule has 4 N–H and O–H groups in total. The quantitative estimate of drug-likeness (QED) is 0.307. The Morgan fingerprint density at radius 1 is 1.35 bits per heavy atom. The molecule has 2 aliphatic heterocycles. The zero-order valence-electron chi connectivity index (χ0n) is 21.0. The summed E-state index contributed by atoms with van der Waals surface area (Å²) in [6.45, 7) is 6.06. The van der Waals surface area contributed by atoms with Gasteiger partial charge in [-0.3, -0.25) is 13.9 Å². The van der Waals surface area contributed by atoms with Crippen LogP contribution >= 0.6 is 8.18 Å². The van der Waals surface area contributed by atoms with Gasteiger partial charge in [0.1, 0.15) is 12.6 Å². The molecule has 2 fully saturated rings. The first kappa shape index (κ1) is 27.6. The first-order valence-corrected chi connectivity index (χ1v) is 13.3. The van der Waals surface area contributed by atoms with E-state index >= 15 is 8.78 Å². The second-order valence-corrected chi connectivity index (χ2v) is 10.8. The number of hydrogen-bond donors (Lipinski definition) is 3. The highest BCUT2D eigenvalue weighted by atomic mass is 31.1. The van der Waals surface area contributed by atoms with Gasteiger partial charge in [-0.1, -0.05) is 0 Å². The first-order valence-electron chi connectivity index (χ1n) is 12.0. The van der Waals surface area contributed by atoms with Crippen LogP contribution in [-0.2, 0) is 23.4 Å². The van der Waals surface area contributed by atoms with Crippen molar-refractivity contribution >= 4 is 37.1 Å². The summed E-state index contributed by atoms with van der Waals surface area (Å²) in [5.74, 6) is -3.37. The van der Waals surface area contributed by atoms with Crippen LogP contribution in [0.25, 0.3) is 11.2 Å². The fourth-order valence-electron chi connectivity index (χ4n) is 4.38. The number of carbonyl (C=O) groups is 1. The summed E-state index contributed by atoms with van der Waals surface area (Å²) in [5.41, 5.74) is 3.66. The number of nitrogens with zero attached hydrogens (tertiary/aromatic N) is 5. The second-order valence-electron chi connectivity index (χ2n) is 9.66. The van der Waals surface area contributed by atoms with Gasteiger partial charge in [-0.05, 0) is 40.5 Å². The van der Waals surface area contributed by atoms with E-state index < -0.39 is 50.7 Å². The summed E-state index contributed by atoms with van der Waals surface area (Å²) >= 11 is 0. The zero-order valence-corrected chi connectivity index (χ0v) is 22.0. The molecule has 4 heterocycles. The number of rotatable bonds is 9. The predicted octanol–water partition coefficient (Wildman–Crippen LogP) is 1.63. The number of aliphatic hydroxyl groups excluding tert-OH is 1. The molecule has 4 rings (SSSR count). The monoisotopic (exact) mass is 547 g/mol. The van der Waals surface area contributed by atoms with Gasteiger partial charge in [0.05, 0.1) is 12.4 Å². The van der Waals surface area contributed by atoms with Crippen LogP contribution in [0.4, 0.5) is 20.5 Å². The SMILES string of the molecule is CC(C)OC(=O)[C@H](C)N[PH](=O)OC[C@@]1(F)O[C@@H](n2cnc3c(N4CCCC4)nc(N)nc32)[C@](C)(F)[C@@H]1O. The Morgan fingerprint density at radius 2 is 2.03 bits per heavy atom. The molecule has 2 aromatic heterocycles. The Kier molecular flexibility index (Phi) is 7.73. The van der Waals surface area contributed by atoms with Crippen molar-refractivity contribution < 1.29 is 37.2 Å². The molecule has 206 valence electrons. The largest absolute Gasteiger partial charge is 0.462 e. The van der Waals surface area contributed by atoms with E-state index in [0.29, 0.717) is 11.3 Å². The van der Waals surface area contributed by atoms with Crippen LogP contribution < -0.4 is 15.7 Å². The predicted molar refractivity (Wildman–Crippen MR) is 129 cm³/mol. The number of nitrogen functional groups attached to an aromatic ring is 1. The van der Waals surface area contributed by atoms with E-state index in [-0.39, 0.29) is 17.7 Å². The summed E-state index contributed by atoms with van der Waals surface area (Å²) in [7, 11) is -3.19. The number of aromatic nitrogens is 4. The lowest BCUT2D eigenvalue weighted by atomic mass is 9.97. The molecule has 0 bridgehead atoms. The third-order valence-electron chi connectivity index (χ3n) is 6.25. The third-order valence-corrected chi connectivity index (χ3v) is 7.33. The molecule has 0 aliphatic carbocycles. The smallest absolute Gasteiger partial charge is 0.323 e. The number of ether oxygens (including phenoxy) is 2. The van der Waals surface area contributed by atoms with E-state index in [2.05, 4.69) is 20.0 Å².